The zero-order valence-electron chi connectivity index (χ0n) is 14.8. The number of rotatable bonds is 4. The highest BCUT2D eigenvalue weighted by Crippen LogP contribution is 2.29. The van der Waals surface area contributed by atoms with Crippen LogP contribution in [-0.4, -0.2) is 54.7 Å². The second kappa shape index (κ2) is 7.06. The van der Waals surface area contributed by atoms with E-state index in [-0.39, 0.29) is 36.0 Å². The third-order valence-electron chi connectivity index (χ3n) is 4.95. The maximum Gasteiger partial charge on any atom is 0.261 e. The molecule has 3 heterocycles. The van der Waals surface area contributed by atoms with E-state index in [4.69, 9.17) is 0 Å². The summed E-state index contributed by atoms with van der Waals surface area (Å²) >= 11 is 0. The second-order valence-electron chi connectivity index (χ2n) is 6.81. The van der Waals surface area contributed by atoms with Crippen molar-refractivity contribution in [2.75, 3.05) is 26.2 Å². The lowest BCUT2D eigenvalue weighted by molar-refractivity contribution is -0.129. The molecule has 0 saturated carbocycles. The molecule has 0 radical (unpaired) electrons. The number of hydrogen-bond donors (Lipinski definition) is 0. The largest absolute Gasteiger partial charge is 0.334 e. The Hall–Kier alpha value is -2.65. The molecule has 0 N–H and O–H groups in total. The molecule has 4 rings (SSSR count). The fourth-order valence-electron chi connectivity index (χ4n) is 3.46. The summed E-state index contributed by atoms with van der Waals surface area (Å²) in [4.78, 5) is 18.0. The third-order valence-corrected chi connectivity index (χ3v) is 6.66. The highest BCUT2D eigenvalue weighted by Gasteiger charge is 2.38. The first-order valence-corrected chi connectivity index (χ1v) is 10.1. The summed E-state index contributed by atoms with van der Waals surface area (Å²) in [6.45, 7) is 1.04. The van der Waals surface area contributed by atoms with Crippen molar-refractivity contribution in [3.63, 3.8) is 0 Å². The molecule has 0 atom stereocenters. The van der Waals surface area contributed by atoms with Crippen molar-refractivity contribution >= 4 is 15.9 Å². The molecule has 0 spiro atoms. The van der Waals surface area contributed by atoms with Crippen LogP contribution in [0.4, 0.5) is 8.78 Å². The minimum Gasteiger partial charge on any atom is -0.334 e. The summed E-state index contributed by atoms with van der Waals surface area (Å²) in [6, 6.07) is 7.85. The van der Waals surface area contributed by atoms with Gasteiger partial charge in [-0.1, -0.05) is 12.1 Å². The fourth-order valence-corrected chi connectivity index (χ4v) is 4.82. The minimum atomic E-state index is -3.68. The van der Waals surface area contributed by atoms with Crippen LogP contribution in [-0.2, 0) is 21.2 Å². The first kappa shape index (κ1) is 18.7. The van der Waals surface area contributed by atoms with Gasteiger partial charge in [-0.25, -0.2) is 22.2 Å². The first-order chi connectivity index (χ1) is 13.3. The van der Waals surface area contributed by atoms with E-state index in [1.54, 1.807) is 17.0 Å². The van der Waals surface area contributed by atoms with Crippen molar-refractivity contribution in [2.24, 2.45) is 0 Å². The number of pyridine rings is 1. The molecule has 1 aromatic carbocycles. The fraction of sp³-hybridized carbons (Fsp3) is 0.263. The smallest absolute Gasteiger partial charge is 0.261 e. The zero-order chi connectivity index (χ0) is 19.9. The first-order valence-electron chi connectivity index (χ1n) is 8.67. The predicted molar refractivity (Wildman–Crippen MR) is 96.7 cm³/mol. The Morgan fingerprint density at radius 3 is 2.36 bits per heavy atom. The molecular weight excluding hydrogens is 388 g/mol. The number of carbonyl (C=O) groups is 1. The summed E-state index contributed by atoms with van der Waals surface area (Å²) in [5.74, 6) is -1.72. The number of benzene rings is 1. The Balaban J connectivity index is 1.40. The average molecular weight is 405 g/mol. The van der Waals surface area contributed by atoms with Crippen LogP contribution >= 0.6 is 0 Å². The van der Waals surface area contributed by atoms with Crippen LogP contribution in [0.3, 0.4) is 0 Å². The summed E-state index contributed by atoms with van der Waals surface area (Å²) in [6.07, 6.45) is 1.27. The Bertz CT molecular complexity index is 1050. The SMILES string of the molecule is O=C(Cc1ccc(F)cc1F)N1CC2=C(C1)CN(S(=O)(=O)c1ccccn1)C2. The van der Waals surface area contributed by atoms with Gasteiger partial charge in [0, 0.05) is 38.4 Å². The van der Waals surface area contributed by atoms with E-state index < -0.39 is 21.7 Å². The molecule has 1 aromatic heterocycles. The van der Waals surface area contributed by atoms with Gasteiger partial charge in [0.25, 0.3) is 10.0 Å². The normalized spacial score (nSPS) is 17.3. The maximum absolute atomic E-state index is 13.8. The third kappa shape index (κ3) is 3.43. The van der Waals surface area contributed by atoms with Crippen molar-refractivity contribution in [1.82, 2.24) is 14.2 Å². The second-order valence-corrected chi connectivity index (χ2v) is 8.70. The quantitative estimate of drug-likeness (QED) is 0.727. The molecular formula is C19H17F2N3O3S. The monoisotopic (exact) mass is 405 g/mol. The molecule has 2 aliphatic rings. The Morgan fingerprint density at radius 2 is 1.75 bits per heavy atom. The highest BCUT2D eigenvalue weighted by molar-refractivity contribution is 7.89. The molecule has 6 nitrogen and oxygen atoms in total. The van der Waals surface area contributed by atoms with Crippen LogP contribution in [0.2, 0.25) is 0 Å². The van der Waals surface area contributed by atoms with Crippen LogP contribution in [0.25, 0.3) is 0 Å². The van der Waals surface area contributed by atoms with E-state index in [2.05, 4.69) is 4.98 Å². The molecule has 9 heteroatoms. The van der Waals surface area contributed by atoms with Gasteiger partial charge < -0.3 is 4.90 Å². The van der Waals surface area contributed by atoms with Gasteiger partial charge >= 0.3 is 0 Å². The van der Waals surface area contributed by atoms with Gasteiger partial charge in [-0.3, -0.25) is 4.79 Å². The van der Waals surface area contributed by atoms with Crippen molar-refractivity contribution in [3.8, 4) is 0 Å². The van der Waals surface area contributed by atoms with E-state index in [0.717, 1.165) is 23.3 Å². The Kier molecular flexibility index (Phi) is 4.72. The summed E-state index contributed by atoms with van der Waals surface area (Å²) in [7, 11) is -3.68. The standard InChI is InChI=1S/C19H17F2N3O3S/c20-16-5-4-13(17(21)8-16)7-19(25)23-9-14-11-24(12-15(14)10-23)28(26,27)18-3-1-2-6-22-18/h1-6,8H,7,9-12H2. The lowest BCUT2D eigenvalue weighted by Gasteiger charge is -2.22. The topological polar surface area (TPSA) is 70.6 Å². The molecule has 0 saturated heterocycles. The van der Waals surface area contributed by atoms with Gasteiger partial charge in [-0.2, -0.15) is 4.31 Å². The zero-order valence-corrected chi connectivity index (χ0v) is 15.6. The van der Waals surface area contributed by atoms with Crippen LogP contribution < -0.4 is 0 Å². The van der Waals surface area contributed by atoms with E-state index in [1.165, 1.54) is 22.6 Å². The number of carbonyl (C=O) groups excluding carboxylic acids is 1. The molecule has 0 unspecified atom stereocenters. The number of amides is 1. The van der Waals surface area contributed by atoms with Gasteiger partial charge in [0.1, 0.15) is 11.6 Å². The molecule has 2 aliphatic heterocycles. The number of halogens is 2. The number of hydrogen-bond acceptors (Lipinski definition) is 4. The lowest BCUT2D eigenvalue weighted by atomic mass is 10.1. The minimum absolute atomic E-state index is 0.00380. The lowest BCUT2D eigenvalue weighted by Crippen LogP contribution is -2.37. The van der Waals surface area contributed by atoms with Gasteiger partial charge in [0.2, 0.25) is 5.91 Å². The molecule has 146 valence electrons. The molecule has 0 bridgehead atoms. The summed E-state index contributed by atoms with van der Waals surface area (Å²) in [5, 5.41) is -0.00380. The van der Waals surface area contributed by atoms with Crippen LogP contribution in [0.5, 0.6) is 0 Å². The van der Waals surface area contributed by atoms with Crippen molar-refractivity contribution in [2.45, 2.75) is 11.4 Å². The number of sulfonamides is 1. The molecule has 28 heavy (non-hydrogen) atoms. The molecule has 0 aliphatic carbocycles. The van der Waals surface area contributed by atoms with E-state index >= 15 is 0 Å². The van der Waals surface area contributed by atoms with Crippen molar-refractivity contribution in [1.29, 1.82) is 0 Å². The van der Waals surface area contributed by atoms with Crippen LogP contribution in [0.15, 0.2) is 58.8 Å². The maximum atomic E-state index is 13.8. The van der Waals surface area contributed by atoms with Gasteiger partial charge in [-0.05, 0) is 34.9 Å². The predicted octanol–water partition coefficient (Wildman–Crippen LogP) is 1.75. The summed E-state index contributed by atoms with van der Waals surface area (Å²) < 4.78 is 53.5. The van der Waals surface area contributed by atoms with Gasteiger partial charge in [-0.15, -0.1) is 0 Å². The van der Waals surface area contributed by atoms with E-state index in [0.29, 0.717) is 13.1 Å². The number of aromatic nitrogens is 1. The van der Waals surface area contributed by atoms with Crippen LogP contribution in [0, 0.1) is 11.6 Å². The van der Waals surface area contributed by atoms with Gasteiger partial charge in [0.15, 0.2) is 5.03 Å². The summed E-state index contributed by atoms with van der Waals surface area (Å²) in [5.41, 5.74) is 1.90. The molecule has 2 aromatic rings. The van der Waals surface area contributed by atoms with Crippen molar-refractivity contribution < 1.29 is 22.0 Å². The highest BCUT2D eigenvalue weighted by atomic mass is 32.2. The average Bonchev–Trinajstić information content (AvgIpc) is 3.24. The Morgan fingerprint density at radius 1 is 1.04 bits per heavy atom. The van der Waals surface area contributed by atoms with E-state index in [9.17, 15) is 22.0 Å². The molecule has 0 fully saturated rings. The van der Waals surface area contributed by atoms with E-state index in [1.807, 2.05) is 0 Å². The van der Waals surface area contributed by atoms with Crippen molar-refractivity contribution in [3.05, 3.63) is 70.9 Å². The van der Waals surface area contributed by atoms with Gasteiger partial charge in [0.05, 0.1) is 6.42 Å². The number of nitrogens with zero attached hydrogens (tertiary/aromatic N) is 3. The van der Waals surface area contributed by atoms with Crippen LogP contribution in [0.1, 0.15) is 5.56 Å². The Labute approximate surface area is 161 Å². The molecule has 1 amide bonds.